The molecule has 2 aromatic heterocycles. The summed E-state index contributed by atoms with van der Waals surface area (Å²) in [4.78, 5) is 35.7. The summed E-state index contributed by atoms with van der Waals surface area (Å²) in [7, 11) is 0. The fourth-order valence-corrected chi connectivity index (χ4v) is 2.70. The fourth-order valence-electron chi connectivity index (χ4n) is 2.70. The number of nitrogens with zero attached hydrogens (tertiary/aromatic N) is 3. The van der Waals surface area contributed by atoms with Crippen molar-refractivity contribution in [3.63, 3.8) is 0 Å². The number of benzene rings is 1. The molecular formula is C20H21N7O2. The summed E-state index contributed by atoms with van der Waals surface area (Å²) in [6.45, 7) is 1.82. The van der Waals surface area contributed by atoms with Crippen molar-refractivity contribution < 1.29 is 9.59 Å². The highest BCUT2D eigenvalue weighted by Gasteiger charge is 2.17. The van der Waals surface area contributed by atoms with Gasteiger partial charge in [0.25, 0.3) is 5.91 Å². The Morgan fingerprint density at radius 3 is 2.41 bits per heavy atom. The zero-order valence-electron chi connectivity index (χ0n) is 15.8. The Hall–Kier alpha value is -4.01. The number of primary amides is 2. The lowest BCUT2D eigenvalue weighted by Gasteiger charge is -2.15. The van der Waals surface area contributed by atoms with Crippen LogP contribution in [0.15, 0.2) is 55.0 Å². The Labute approximate surface area is 167 Å². The first-order valence-electron chi connectivity index (χ1n) is 8.98. The Bertz CT molecular complexity index is 1010. The number of hydrogen-bond donors (Lipinski definition) is 4. The van der Waals surface area contributed by atoms with E-state index >= 15 is 0 Å². The van der Waals surface area contributed by atoms with E-state index in [4.69, 9.17) is 11.5 Å². The lowest BCUT2D eigenvalue weighted by Crippen LogP contribution is -2.35. The third kappa shape index (κ3) is 4.83. The van der Waals surface area contributed by atoms with Crippen molar-refractivity contribution in [1.29, 1.82) is 0 Å². The topological polar surface area (TPSA) is 149 Å². The van der Waals surface area contributed by atoms with E-state index in [1.807, 2.05) is 43.3 Å². The standard InChI is InChI=1S/C20H21N7O2/c1-2-15(18(21)28)26-16-11-24-17(19(22)29)20(27-16)25-14-7-5-12(6-8-14)13-4-3-9-23-10-13/h3-11,15H,2H2,1H3,(H2,21,28)(H2,22,29)(H2,25,26,27). The molecule has 1 aromatic carbocycles. The van der Waals surface area contributed by atoms with Crippen molar-refractivity contribution in [2.45, 2.75) is 19.4 Å². The van der Waals surface area contributed by atoms with Crippen molar-refractivity contribution in [3.05, 3.63) is 60.7 Å². The Morgan fingerprint density at radius 2 is 1.83 bits per heavy atom. The molecule has 0 fully saturated rings. The van der Waals surface area contributed by atoms with Gasteiger partial charge in [-0.15, -0.1) is 0 Å². The maximum atomic E-state index is 11.7. The van der Waals surface area contributed by atoms with Crippen LogP contribution >= 0.6 is 0 Å². The number of aromatic nitrogens is 3. The maximum absolute atomic E-state index is 11.7. The smallest absolute Gasteiger partial charge is 0.271 e. The van der Waals surface area contributed by atoms with Gasteiger partial charge in [0.05, 0.1) is 6.20 Å². The minimum Gasteiger partial charge on any atom is -0.368 e. The van der Waals surface area contributed by atoms with E-state index in [9.17, 15) is 9.59 Å². The predicted octanol–water partition coefficient (Wildman–Crippen LogP) is 2.06. The molecule has 0 bridgehead atoms. The third-order valence-electron chi connectivity index (χ3n) is 4.22. The molecule has 0 radical (unpaired) electrons. The van der Waals surface area contributed by atoms with Crippen molar-refractivity contribution in [1.82, 2.24) is 15.0 Å². The molecule has 2 amide bonds. The van der Waals surface area contributed by atoms with Crippen LogP contribution in [0.3, 0.4) is 0 Å². The summed E-state index contributed by atoms with van der Waals surface area (Å²) in [5, 5.41) is 5.95. The minimum atomic E-state index is -0.722. The lowest BCUT2D eigenvalue weighted by molar-refractivity contribution is -0.118. The monoisotopic (exact) mass is 391 g/mol. The molecule has 6 N–H and O–H groups in total. The van der Waals surface area contributed by atoms with E-state index in [-0.39, 0.29) is 11.5 Å². The number of anilines is 3. The van der Waals surface area contributed by atoms with Crippen LogP contribution in [0.2, 0.25) is 0 Å². The zero-order chi connectivity index (χ0) is 20.8. The molecule has 2 heterocycles. The van der Waals surface area contributed by atoms with Gasteiger partial charge < -0.3 is 22.1 Å². The number of hydrogen-bond acceptors (Lipinski definition) is 7. The maximum Gasteiger partial charge on any atom is 0.271 e. The summed E-state index contributed by atoms with van der Waals surface area (Å²) < 4.78 is 0. The number of rotatable bonds is 8. The van der Waals surface area contributed by atoms with Crippen molar-refractivity contribution in [2.24, 2.45) is 11.5 Å². The molecule has 0 aliphatic rings. The van der Waals surface area contributed by atoms with E-state index in [0.29, 0.717) is 17.9 Å². The van der Waals surface area contributed by atoms with Crippen molar-refractivity contribution in [3.8, 4) is 11.1 Å². The van der Waals surface area contributed by atoms with Crippen LogP contribution in [0.1, 0.15) is 23.8 Å². The van der Waals surface area contributed by atoms with Crippen LogP contribution in [0.4, 0.5) is 17.3 Å². The van der Waals surface area contributed by atoms with E-state index in [1.54, 1.807) is 12.4 Å². The highest BCUT2D eigenvalue weighted by atomic mass is 16.1. The average Bonchev–Trinajstić information content (AvgIpc) is 2.73. The van der Waals surface area contributed by atoms with Crippen LogP contribution in [0.5, 0.6) is 0 Å². The first-order valence-corrected chi connectivity index (χ1v) is 8.98. The van der Waals surface area contributed by atoms with Crippen LogP contribution in [-0.2, 0) is 4.79 Å². The second-order valence-corrected chi connectivity index (χ2v) is 6.27. The fraction of sp³-hybridized carbons (Fsp3) is 0.150. The molecule has 9 heteroatoms. The average molecular weight is 391 g/mol. The third-order valence-corrected chi connectivity index (χ3v) is 4.22. The highest BCUT2D eigenvalue weighted by Crippen LogP contribution is 2.24. The first-order chi connectivity index (χ1) is 14.0. The van der Waals surface area contributed by atoms with E-state index in [2.05, 4.69) is 25.6 Å². The van der Waals surface area contributed by atoms with E-state index < -0.39 is 17.9 Å². The summed E-state index contributed by atoms with van der Waals surface area (Å²) in [6, 6.07) is 10.7. The minimum absolute atomic E-state index is 0.0148. The number of nitrogens with one attached hydrogen (secondary N) is 2. The second-order valence-electron chi connectivity index (χ2n) is 6.27. The Morgan fingerprint density at radius 1 is 1.07 bits per heavy atom. The molecule has 9 nitrogen and oxygen atoms in total. The zero-order valence-corrected chi connectivity index (χ0v) is 15.8. The van der Waals surface area contributed by atoms with Gasteiger partial charge in [-0.2, -0.15) is 0 Å². The molecule has 0 saturated heterocycles. The molecule has 0 spiro atoms. The summed E-state index contributed by atoms with van der Waals surface area (Å²) in [5.74, 6) is -0.750. The molecule has 148 valence electrons. The van der Waals surface area contributed by atoms with Gasteiger partial charge in [-0.05, 0) is 35.7 Å². The second kappa shape index (κ2) is 8.79. The molecular weight excluding hydrogens is 370 g/mol. The molecule has 0 saturated carbocycles. The van der Waals surface area contributed by atoms with Gasteiger partial charge in [-0.3, -0.25) is 14.6 Å². The van der Waals surface area contributed by atoms with Crippen LogP contribution in [0.25, 0.3) is 11.1 Å². The van der Waals surface area contributed by atoms with Gasteiger partial charge in [-0.1, -0.05) is 25.1 Å². The molecule has 3 rings (SSSR count). The molecule has 3 aromatic rings. The van der Waals surface area contributed by atoms with Gasteiger partial charge in [-0.25, -0.2) is 9.97 Å². The van der Waals surface area contributed by atoms with Gasteiger partial charge in [0.15, 0.2) is 11.5 Å². The molecule has 29 heavy (non-hydrogen) atoms. The molecule has 0 aliphatic heterocycles. The van der Waals surface area contributed by atoms with Gasteiger partial charge in [0.2, 0.25) is 5.91 Å². The lowest BCUT2D eigenvalue weighted by atomic mass is 10.1. The van der Waals surface area contributed by atoms with Gasteiger partial charge >= 0.3 is 0 Å². The predicted molar refractivity (Wildman–Crippen MR) is 110 cm³/mol. The number of pyridine rings is 1. The number of amides is 2. The van der Waals surface area contributed by atoms with Gasteiger partial charge in [0.1, 0.15) is 11.9 Å². The Kier molecular flexibility index (Phi) is 5.98. The largest absolute Gasteiger partial charge is 0.368 e. The summed E-state index contributed by atoms with van der Waals surface area (Å²) >= 11 is 0. The molecule has 0 aliphatic carbocycles. The summed E-state index contributed by atoms with van der Waals surface area (Å²) in [5.41, 5.74) is 13.4. The van der Waals surface area contributed by atoms with E-state index in [0.717, 1.165) is 11.1 Å². The first kappa shape index (κ1) is 19.7. The normalized spacial score (nSPS) is 11.5. The highest BCUT2D eigenvalue weighted by molar-refractivity contribution is 5.96. The van der Waals surface area contributed by atoms with Gasteiger partial charge in [0, 0.05) is 18.1 Å². The number of carbonyl (C=O) groups excluding carboxylic acids is 2. The SMILES string of the molecule is CCC(Nc1cnc(C(N)=O)c(Nc2ccc(-c3cccnc3)cc2)n1)C(N)=O. The molecule has 1 unspecified atom stereocenters. The van der Waals surface area contributed by atoms with Crippen LogP contribution in [0, 0.1) is 0 Å². The van der Waals surface area contributed by atoms with E-state index in [1.165, 1.54) is 6.20 Å². The van der Waals surface area contributed by atoms with Crippen molar-refractivity contribution >= 4 is 29.1 Å². The van der Waals surface area contributed by atoms with Crippen molar-refractivity contribution in [2.75, 3.05) is 10.6 Å². The number of carbonyl (C=O) groups is 2. The number of nitrogens with two attached hydrogens (primary N) is 2. The Balaban J connectivity index is 1.85. The van der Waals surface area contributed by atoms with Crippen LogP contribution < -0.4 is 22.1 Å². The van der Waals surface area contributed by atoms with Crippen LogP contribution in [-0.4, -0.2) is 32.8 Å². The molecule has 1 atom stereocenters. The quantitative estimate of drug-likeness (QED) is 0.459. The summed E-state index contributed by atoms with van der Waals surface area (Å²) in [6.07, 6.45) is 5.30.